The molecule has 3 rings (SSSR count). The number of hydrogen-bond donors (Lipinski definition) is 2. The largest absolute Gasteiger partial charge is 0.493 e. The second kappa shape index (κ2) is 21.2. The summed E-state index contributed by atoms with van der Waals surface area (Å²) in [5.74, 6) is 1.71. The molecule has 3 N–H and O–H groups in total. The average Bonchev–Trinajstić information content (AvgIpc) is 3.68. The maximum Gasteiger partial charge on any atom is 0.246 e. The molecule has 0 saturated carbocycles. The molecule has 11 heteroatoms. The number of nitrogens with two attached hydrogens (primary N) is 1. The number of rotatable bonds is 9. The van der Waals surface area contributed by atoms with Crippen molar-refractivity contribution >= 4 is 23.6 Å². The standard InChI is InChI=1S/C15H25N3O3.C10H14O3.C4H9NO.C2H6/c1-3-6-13(19)17-9-5-8-12(17)15(21)18-10-4-7-11(18)14(20)16-2;1-7-5-8(11-2)10(13-4)9(6-7)12-3;1-2-3-4(5)6;1-2/h11-12H,3-10H2,1-2H3,(H,16,20);5-6H,1-4H3;2-3H2,1H3,(H2,5,6);1-2H3/t11?,12-;;;/m0.../s1. The smallest absolute Gasteiger partial charge is 0.246 e. The van der Waals surface area contributed by atoms with Crippen LogP contribution in [-0.4, -0.2) is 87.0 Å². The Morgan fingerprint density at radius 2 is 1.36 bits per heavy atom. The summed E-state index contributed by atoms with van der Waals surface area (Å²) in [7, 11) is 6.40. The number of aryl methyl sites for hydroxylation is 1. The van der Waals surface area contributed by atoms with Gasteiger partial charge in [-0.25, -0.2) is 0 Å². The van der Waals surface area contributed by atoms with E-state index in [1.54, 1.807) is 38.2 Å². The van der Waals surface area contributed by atoms with Crippen LogP contribution in [0.25, 0.3) is 0 Å². The molecule has 11 nitrogen and oxygen atoms in total. The molecule has 0 radical (unpaired) electrons. The SMILES string of the molecule is CC.CCCC(=O)N1CCC[C@H]1C(=O)N1CCCC1C(=O)NC.CCCC(N)=O.COc1cc(C)cc(OC)c1OC. The van der Waals surface area contributed by atoms with E-state index in [2.05, 4.69) is 5.32 Å². The van der Waals surface area contributed by atoms with E-state index in [1.165, 1.54) is 0 Å². The number of carbonyl (C=O) groups excluding carboxylic acids is 4. The van der Waals surface area contributed by atoms with Gasteiger partial charge in [0.25, 0.3) is 0 Å². The first kappa shape index (κ1) is 38.5. The van der Waals surface area contributed by atoms with Crippen LogP contribution in [0.15, 0.2) is 12.1 Å². The number of benzene rings is 1. The van der Waals surface area contributed by atoms with Crippen molar-refractivity contribution in [3.63, 3.8) is 0 Å². The average molecular weight is 595 g/mol. The van der Waals surface area contributed by atoms with Crippen LogP contribution in [0.1, 0.15) is 84.6 Å². The van der Waals surface area contributed by atoms with Gasteiger partial charge in [0.2, 0.25) is 29.4 Å². The van der Waals surface area contributed by atoms with Gasteiger partial charge in [0.05, 0.1) is 21.3 Å². The van der Waals surface area contributed by atoms with E-state index in [0.29, 0.717) is 56.0 Å². The van der Waals surface area contributed by atoms with Gasteiger partial charge in [-0.1, -0.05) is 27.7 Å². The van der Waals surface area contributed by atoms with Crippen LogP contribution in [0.2, 0.25) is 0 Å². The lowest BCUT2D eigenvalue weighted by Crippen LogP contribution is -2.52. The first-order chi connectivity index (χ1) is 20.1. The first-order valence-electron chi connectivity index (χ1n) is 15.0. The van der Waals surface area contributed by atoms with Gasteiger partial charge in [-0.3, -0.25) is 19.2 Å². The Balaban J connectivity index is 0.000000681. The Hall–Kier alpha value is -3.50. The molecule has 2 heterocycles. The fraction of sp³-hybridized carbons (Fsp3) is 0.677. The normalized spacial score (nSPS) is 16.9. The van der Waals surface area contributed by atoms with Gasteiger partial charge in [0, 0.05) is 33.0 Å². The number of hydrogen-bond acceptors (Lipinski definition) is 7. The molecular formula is C31H54N4O7. The Morgan fingerprint density at radius 1 is 0.857 bits per heavy atom. The number of nitrogens with zero attached hydrogens (tertiary/aromatic N) is 2. The Labute approximate surface area is 252 Å². The highest BCUT2D eigenvalue weighted by Gasteiger charge is 2.41. The maximum atomic E-state index is 12.7. The third kappa shape index (κ3) is 11.8. The minimum absolute atomic E-state index is 0.0527. The van der Waals surface area contributed by atoms with Crippen LogP contribution >= 0.6 is 0 Å². The van der Waals surface area contributed by atoms with Gasteiger partial charge in [0.15, 0.2) is 11.5 Å². The summed E-state index contributed by atoms with van der Waals surface area (Å²) in [5.41, 5.74) is 5.84. The van der Waals surface area contributed by atoms with Crippen molar-refractivity contribution in [3.8, 4) is 17.2 Å². The molecule has 2 saturated heterocycles. The highest BCUT2D eigenvalue weighted by Crippen LogP contribution is 2.37. The van der Waals surface area contributed by atoms with Crippen LogP contribution in [0.4, 0.5) is 0 Å². The fourth-order valence-corrected chi connectivity index (χ4v) is 4.80. The van der Waals surface area contributed by atoms with Gasteiger partial charge in [-0.05, 0) is 63.1 Å². The Kier molecular flexibility index (Phi) is 19.5. The van der Waals surface area contributed by atoms with E-state index in [1.807, 2.05) is 46.8 Å². The van der Waals surface area contributed by atoms with Crippen molar-refractivity contribution in [2.45, 2.75) is 98.1 Å². The summed E-state index contributed by atoms with van der Waals surface area (Å²) in [6.07, 6.45) is 5.79. The summed E-state index contributed by atoms with van der Waals surface area (Å²) in [4.78, 5) is 50.0. The number of primary amides is 1. The zero-order chi connectivity index (χ0) is 32.2. The molecule has 42 heavy (non-hydrogen) atoms. The fourth-order valence-electron chi connectivity index (χ4n) is 4.80. The number of methoxy groups -OCH3 is 3. The van der Waals surface area contributed by atoms with Crippen LogP contribution in [-0.2, 0) is 19.2 Å². The number of carbonyl (C=O) groups is 4. The second-order valence-electron chi connectivity index (χ2n) is 9.72. The summed E-state index contributed by atoms with van der Waals surface area (Å²) >= 11 is 0. The van der Waals surface area contributed by atoms with Crippen molar-refractivity contribution < 1.29 is 33.4 Å². The zero-order valence-corrected chi connectivity index (χ0v) is 27.2. The molecule has 1 aromatic rings. The topological polar surface area (TPSA) is 140 Å². The lowest BCUT2D eigenvalue weighted by atomic mass is 10.1. The molecular weight excluding hydrogens is 540 g/mol. The molecule has 2 aliphatic heterocycles. The van der Waals surface area contributed by atoms with Crippen molar-refractivity contribution in [2.24, 2.45) is 5.73 Å². The van der Waals surface area contributed by atoms with Gasteiger partial charge in [0.1, 0.15) is 12.1 Å². The van der Waals surface area contributed by atoms with Crippen LogP contribution < -0.4 is 25.3 Å². The van der Waals surface area contributed by atoms with Gasteiger partial charge < -0.3 is 35.1 Å². The molecule has 1 aromatic carbocycles. The van der Waals surface area contributed by atoms with Crippen molar-refractivity contribution in [1.29, 1.82) is 0 Å². The monoisotopic (exact) mass is 594 g/mol. The molecule has 0 bridgehead atoms. The molecule has 2 aliphatic rings. The number of nitrogens with one attached hydrogen (secondary N) is 1. The summed E-state index contributed by atoms with van der Waals surface area (Å²) in [6, 6.07) is 3.07. The van der Waals surface area contributed by atoms with Crippen molar-refractivity contribution in [1.82, 2.24) is 15.1 Å². The van der Waals surface area contributed by atoms with E-state index < -0.39 is 0 Å². The van der Waals surface area contributed by atoms with Crippen LogP contribution in [0.3, 0.4) is 0 Å². The van der Waals surface area contributed by atoms with E-state index in [9.17, 15) is 19.2 Å². The van der Waals surface area contributed by atoms with Crippen molar-refractivity contribution in [2.75, 3.05) is 41.5 Å². The third-order valence-electron chi connectivity index (χ3n) is 6.71. The molecule has 1 unspecified atom stereocenters. The number of likely N-dealkylation sites (N-methyl/N-ethyl adjacent to an activating group) is 1. The van der Waals surface area contributed by atoms with Crippen LogP contribution in [0, 0.1) is 6.92 Å². The lowest BCUT2D eigenvalue weighted by Gasteiger charge is -2.30. The molecule has 2 atom stereocenters. The third-order valence-corrected chi connectivity index (χ3v) is 6.71. The predicted molar refractivity (Wildman–Crippen MR) is 165 cm³/mol. The highest BCUT2D eigenvalue weighted by molar-refractivity contribution is 5.92. The summed E-state index contributed by atoms with van der Waals surface area (Å²) in [6.45, 7) is 11.1. The Bertz CT molecular complexity index is 961. The van der Waals surface area contributed by atoms with Crippen LogP contribution in [0.5, 0.6) is 17.2 Å². The van der Waals surface area contributed by atoms with E-state index in [-0.39, 0.29) is 35.7 Å². The molecule has 240 valence electrons. The second-order valence-corrected chi connectivity index (χ2v) is 9.72. The first-order valence-corrected chi connectivity index (χ1v) is 15.0. The number of amides is 4. The lowest BCUT2D eigenvalue weighted by molar-refractivity contribution is -0.146. The molecule has 0 spiro atoms. The minimum Gasteiger partial charge on any atom is -0.493 e. The maximum absolute atomic E-state index is 12.7. The van der Waals surface area contributed by atoms with Crippen molar-refractivity contribution in [3.05, 3.63) is 17.7 Å². The van der Waals surface area contributed by atoms with E-state index in [0.717, 1.165) is 31.2 Å². The Morgan fingerprint density at radius 3 is 1.76 bits per heavy atom. The zero-order valence-electron chi connectivity index (χ0n) is 27.2. The summed E-state index contributed by atoms with van der Waals surface area (Å²) < 4.78 is 15.5. The molecule has 2 fully saturated rings. The van der Waals surface area contributed by atoms with E-state index in [4.69, 9.17) is 19.9 Å². The van der Waals surface area contributed by atoms with E-state index >= 15 is 0 Å². The number of likely N-dealkylation sites (tertiary alicyclic amines) is 2. The minimum atomic E-state index is -0.369. The molecule has 4 amide bonds. The predicted octanol–water partition coefficient (Wildman–Crippen LogP) is 3.83. The highest BCUT2D eigenvalue weighted by atomic mass is 16.5. The quantitative estimate of drug-likeness (QED) is 0.443. The van der Waals surface area contributed by atoms with Gasteiger partial charge in [-0.2, -0.15) is 0 Å². The molecule has 0 aliphatic carbocycles. The van der Waals surface area contributed by atoms with Gasteiger partial charge >= 0.3 is 0 Å². The van der Waals surface area contributed by atoms with Gasteiger partial charge in [-0.15, -0.1) is 0 Å². The summed E-state index contributed by atoms with van der Waals surface area (Å²) in [5, 5.41) is 2.62. The molecule has 0 aromatic heterocycles. The number of ether oxygens (including phenoxy) is 3.